The second-order valence-electron chi connectivity index (χ2n) is 9.44. The highest BCUT2D eigenvalue weighted by molar-refractivity contribution is 6.42. The number of halogens is 3. The summed E-state index contributed by atoms with van der Waals surface area (Å²) in [6.45, 7) is 3.63. The molecule has 2 N–H and O–H groups in total. The van der Waals surface area contributed by atoms with E-state index in [0.29, 0.717) is 34.0 Å². The largest absolute Gasteiger partial charge is 0.432 e. The number of amides is 1. The number of piperazine rings is 1. The first-order chi connectivity index (χ1) is 17.0. The fraction of sp³-hybridized carbons (Fsp3) is 0.462. The lowest BCUT2D eigenvalue weighted by molar-refractivity contribution is 0.0774. The number of alkyl halides is 1. The average Bonchev–Trinajstić information content (AvgIpc) is 3.31. The number of hydrogen-bond acceptors (Lipinski definition) is 5. The number of oxazole rings is 1. The van der Waals surface area contributed by atoms with Gasteiger partial charge in [0.15, 0.2) is 5.58 Å². The molecule has 0 radical (unpaired) electrons. The van der Waals surface area contributed by atoms with E-state index in [4.69, 9.17) is 27.6 Å². The molecule has 6 nitrogen and oxygen atoms in total. The monoisotopic (exact) mass is 518 g/mol. The lowest BCUT2D eigenvalue weighted by Gasteiger charge is -2.39. The molecule has 1 aliphatic carbocycles. The SMILES string of the molecule is O=C(NC1CCC(CC(c2cccc(Cl)c2Cl)N2CCNCC2)CC1F)c1nc2ccccc2o1. The number of hydrogen-bond donors (Lipinski definition) is 2. The van der Waals surface area contributed by atoms with Gasteiger partial charge in [0.05, 0.1) is 16.1 Å². The smallest absolute Gasteiger partial charge is 0.307 e. The first-order valence-electron chi connectivity index (χ1n) is 12.2. The molecule has 1 aliphatic heterocycles. The number of para-hydroxylation sites is 2. The topological polar surface area (TPSA) is 70.4 Å². The number of benzene rings is 2. The Morgan fingerprint density at radius 3 is 2.74 bits per heavy atom. The molecule has 2 heterocycles. The van der Waals surface area contributed by atoms with Crippen LogP contribution in [0.4, 0.5) is 4.39 Å². The van der Waals surface area contributed by atoms with Crippen molar-refractivity contribution < 1.29 is 13.6 Å². The lowest BCUT2D eigenvalue weighted by Crippen LogP contribution is -2.47. The van der Waals surface area contributed by atoms with Crippen molar-refractivity contribution in [3.05, 3.63) is 64.0 Å². The lowest BCUT2D eigenvalue weighted by atomic mass is 9.79. The van der Waals surface area contributed by atoms with Gasteiger partial charge in [0, 0.05) is 32.2 Å². The van der Waals surface area contributed by atoms with Crippen LogP contribution in [0.3, 0.4) is 0 Å². The zero-order chi connectivity index (χ0) is 24.4. The Balaban J connectivity index is 1.25. The molecule has 4 atom stereocenters. The van der Waals surface area contributed by atoms with Crippen LogP contribution in [-0.4, -0.2) is 54.2 Å². The van der Waals surface area contributed by atoms with E-state index in [1.54, 1.807) is 18.2 Å². The Hall–Kier alpha value is -2.19. The second kappa shape index (κ2) is 10.8. The van der Waals surface area contributed by atoms with E-state index in [1.165, 1.54) is 0 Å². The molecule has 1 saturated carbocycles. The molecule has 3 aromatic rings. The van der Waals surface area contributed by atoms with Gasteiger partial charge >= 0.3 is 5.91 Å². The van der Waals surface area contributed by atoms with E-state index in [2.05, 4.69) is 20.5 Å². The van der Waals surface area contributed by atoms with Gasteiger partial charge in [-0.05, 0) is 55.4 Å². The van der Waals surface area contributed by atoms with E-state index in [9.17, 15) is 4.79 Å². The molecular formula is C26H29Cl2FN4O2. The quantitative estimate of drug-likeness (QED) is 0.456. The van der Waals surface area contributed by atoms with E-state index < -0.39 is 18.1 Å². The number of carbonyl (C=O) groups is 1. The number of nitrogens with zero attached hydrogens (tertiary/aromatic N) is 2. The minimum Gasteiger partial charge on any atom is -0.432 e. The Morgan fingerprint density at radius 2 is 1.97 bits per heavy atom. The van der Waals surface area contributed by atoms with E-state index >= 15 is 4.39 Å². The molecule has 2 aromatic carbocycles. The summed E-state index contributed by atoms with van der Waals surface area (Å²) < 4.78 is 20.8. The zero-order valence-electron chi connectivity index (χ0n) is 19.4. The van der Waals surface area contributed by atoms with Gasteiger partial charge in [0.25, 0.3) is 5.89 Å². The predicted octanol–water partition coefficient (Wildman–Crippen LogP) is 5.41. The van der Waals surface area contributed by atoms with Gasteiger partial charge in [-0.3, -0.25) is 9.69 Å². The number of aromatic nitrogens is 1. The van der Waals surface area contributed by atoms with Crippen molar-refractivity contribution in [1.82, 2.24) is 20.5 Å². The van der Waals surface area contributed by atoms with Crippen LogP contribution in [0.15, 0.2) is 46.9 Å². The Bertz CT molecular complexity index is 1150. The number of fused-ring (bicyclic) bond motifs is 1. The number of rotatable bonds is 6. The van der Waals surface area contributed by atoms with Crippen LogP contribution in [-0.2, 0) is 0 Å². The van der Waals surface area contributed by atoms with Crippen molar-refractivity contribution in [3.63, 3.8) is 0 Å². The van der Waals surface area contributed by atoms with Crippen molar-refractivity contribution in [2.75, 3.05) is 26.2 Å². The van der Waals surface area contributed by atoms with Gasteiger partial charge < -0.3 is 15.1 Å². The van der Waals surface area contributed by atoms with Gasteiger partial charge in [-0.15, -0.1) is 0 Å². The third-order valence-electron chi connectivity index (χ3n) is 7.18. The molecule has 0 spiro atoms. The molecule has 9 heteroatoms. The highest BCUT2D eigenvalue weighted by atomic mass is 35.5. The standard InChI is InChI=1S/C26H29Cl2FN4O2/c27-18-5-3-4-17(24(18)28)22(33-12-10-30-11-13-33)15-16-8-9-20(19(29)14-16)31-25(34)26-32-21-6-1-2-7-23(21)35-26/h1-7,16,19-20,22,30H,8-15H2,(H,31,34). The number of nitrogens with one attached hydrogen (secondary N) is 2. The summed E-state index contributed by atoms with van der Waals surface area (Å²) in [7, 11) is 0. The summed E-state index contributed by atoms with van der Waals surface area (Å²) in [6.07, 6.45) is 1.43. The fourth-order valence-electron chi connectivity index (χ4n) is 5.33. The van der Waals surface area contributed by atoms with Gasteiger partial charge in [0.2, 0.25) is 0 Å². The molecule has 0 bridgehead atoms. The highest BCUT2D eigenvalue weighted by Crippen LogP contribution is 2.40. The van der Waals surface area contributed by atoms with Crippen molar-refractivity contribution in [2.24, 2.45) is 5.92 Å². The summed E-state index contributed by atoms with van der Waals surface area (Å²) in [6, 6.07) is 12.4. The molecule has 4 unspecified atom stereocenters. The molecule has 186 valence electrons. The minimum atomic E-state index is -1.14. The van der Waals surface area contributed by atoms with Crippen molar-refractivity contribution in [3.8, 4) is 0 Å². The summed E-state index contributed by atoms with van der Waals surface area (Å²) in [5.41, 5.74) is 2.15. The van der Waals surface area contributed by atoms with Crippen LogP contribution >= 0.6 is 23.2 Å². The van der Waals surface area contributed by atoms with Crippen LogP contribution in [0.5, 0.6) is 0 Å². The highest BCUT2D eigenvalue weighted by Gasteiger charge is 2.35. The van der Waals surface area contributed by atoms with Crippen molar-refractivity contribution in [2.45, 2.75) is 43.9 Å². The van der Waals surface area contributed by atoms with E-state index in [-0.39, 0.29) is 17.9 Å². The molecule has 1 saturated heterocycles. The first-order valence-corrected chi connectivity index (χ1v) is 12.9. The molecule has 1 aromatic heterocycles. The van der Waals surface area contributed by atoms with Crippen LogP contribution in [0.1, 0.15) is 48.0 Å². The second-order valence-corrected chi connectivity index (χ2v) is 10.2. The van der Waals surface area contributed by atoms with Crippen LogP contribution in [0.25, 0.3) is 11.1 Å². The van der Waals surface area contributed by atoms with Crippen molar-refractivity contribution >= 4 is 40.2 Å². The van der Waals surface area contributed by atoms with Gasteiger partial charge in [0.1, 0.15) is 11.7 Å². The maximum absolute atomic E-state index is 15.3. The Kier molecular flexibility index (Phi) is 7.58. The van der Waals surface area contributed by atoms with Gasteiger partial charge in [-0.25, -0.2) is 9.37 Å². The van der Waals surface area contributed by atoms with Crippen molar-refractivity contribution in [1.29, 1.82) is 0 Å². The van der Waals surface area contributed by atoms with Gasteiger partial charge in [-0.2, -0.15) is 0 Å². The third-order valence-corrected chi connectivity index (χ3v) is 8.01. The normalized spacial score (nSPS) is 24.4. The summed E-state index contributed by atoms with van der Waals surface area (Å²) in [5, 5.41) is 7.31. The fourth-order valence-corrected chi connectivity index (χ4v) is 5.77. The summed E-state index contributed by atoms with van der Waals surface area (Å²) >= 11 is 12.9. The van der Waals surface area contributed by atoms with Crippen LogP contribution in [0, 0.1) is 5.92 Å². The van der Waals surface area contributed by atoms with Crippen LogP contribution in [0.2, 0.25) is 10.0 Å². The zero-order valence-corrected chi connectivity index (χ0v) is 20.9. The molecule has 5 rings (SSSR count). The molecule has 1 amide bonds. The molecule has 2 aliphatic rings. The van der Waals surface area contributed by atoms with Crippen LogP contribution < -0.4 is 10.6 Å². The number of carbonyl (C=O) groups excluding carboxylic acids is 1. The Morgan fingerprint density at radius 1 is 1.17 bits per heavy atom. The minimum absolute atomic E-state index is 0.0325. The molecule has 2 fully saturated rings. The summed E-state index contributed by atoms with van der Waals surface area (Å²) in [4.78, 5) is 19.3. The molecule has 35 heavy (non-hydrogen) atoms. The van der Waals surface area contributed by atoms with E-state index in [0.717, 1.165) is 44.6 Å². The molecular weight excluding hydrogens is 490 g/mol. The first kappa shape index (κ1) is 24.5. The van der Waals surface area contributed by atoms with E-state index in [1.807, 2.05) is 24.3 Å². The average molecular weight is 519 g/mol. The summed E-state index contributed by atoms with van der Waals surface area (Å²) in [5.74, 6) is -0.330. The Labute approximate surface area is 214 Å². The van der Waals surface area contributed by atoms with Gasteiger partial charge in [-0.1, -0.05) is 47.5 Å². The predicted molar refractivity (Wildman–Crippen MR) is 136 cm³/mol. The maximum atomic E-state index is 15.3. The maximum Gasteiger partial charge on any atom is 0.307 e. The third kappa shape index (κ3) is 5.48.